The lowest BCUT2D eigenvalue weighted by Gasteiger charge is -2.12. The molecule has 0 saturated carbocycles. The molecule has 112 valence electrons. The minimum absolute atomic E-state index is 0. The standard InChI is InChI=1S/C12H16N2O4S.ClH/c1-18-12(15)9-2-4-11(5-3-9)19(16,17)14-10-6-7-13-8-10;/h2-5,10,13-14H,6-8H2,1H3;1H. The molecule has 1 aliphatic rings. The smallest absolute Gasteiger partial charge is 0.337 e. The van der Waals surface area contributed by atoms with Gasteiger partial charge in [-0.05, 0) is 37.2 Å². The predicted octanol–water partition coefficient (Wildman–Crippen LogP) is 0.535. The molecule has 8 heteroatoms. The van der Waals surface area contributed by atoms with E-state index >= 15 is 0 Å². The van der Waals surface area contributed by atoms with Crippen molar-refractivity contribution in [3.05, 3.63) is 29.8 Å². The molecule has 1 atom stereocenters. The van der Waals surface area contributed by atoms with Gasteiger partial charge in [-0.15, -0.1) is 12.4 Å². The van der Waals surface area contributed by atoms with Gasteiger partial charge in [0.05, 0.1) is 17.6 Å². The van der Waals surface area contributed by atoms with Crippen molar-refractivity contribution in [2.24, 2.45) is 0 Å². The fraction of sp³-hybridized carbons (Fsp3) is 0.417. The lowest BCUT2D eigenvalue weighted by molar-refractivity contribution is 0.0600. The predicted molar refractivity (Wildman–Crippen MR) is 76.6 cm³/mol. The van der Waals surface area contributed by atoms with Crippen LogP contribution in [0.25, 0.3) is 0 Å². The van der Waals surface area contributed by atoms with Crippen LogP contribution in [0, 0.1) is 0 Å². The molecular formula is C12H17ClN2O4S. The van der Waals surface area contributed by atoms with E-state index in [0.29, 0.717) is 12.1 Å². The zero-order chi connectivity index (χ0) is 13.9. The van der Waals surface area contributed by atoms with Crippen LogP contribution in [0.1, 0.15) is 16.8 Å². The van der Waals surface area contributed by atoms with Crippen LogP contribution < -0.4 is 10.0 Å². The minimum atomic E-state index is -3.54. The maximum atomic E-state index is 12.1. The number of carbonyl (C=O) groups excluding carboxylic acids is 1. The van der Waals surface area contributed by atoms with Gasteiger partial charge in [0.1, 0.15) is 0 Å². The van der Waals surface area contributed by atoms with Crippen molar-refractivity contribution in [2.75, 3.05) is 20.2 Å². The van der Waals surface area contributed by atoms with Crippen molar-refractivity contribution >= 4 is 28.4 Å². The highest BCUT2D eigenvalue weighted by Gasteiger charge is 2.22. The summed E-state index contributed by atoms with van der Waals surface area (Å²) in [5.41, 5.74) is 0.323. The van der Waals surface area contributed by atoms with E-state index in [1.807, 2.05) is 0 Å². The molecule has 0 spiro atoms. The summed E-state index contributed by atoms with van der Waals surface area (Å²) in [5, 5.41) is 3.09. The average molecular weight is 321 g/mol. The maximum Gasteiger partial charge on any atom is 0.337 e. The van der Waals surface area contributed by atoms with Crippen molar-refractivity contribution < 1.29 is 17.9 Å². The molecule has 0 aliphatic carbocycles. The number of nitrogens with one attached hydrogen (secondary N) is 2. The molecule has 1 unspecified atom stereocenters. The van der Waals surface area contributed by atoms with Crippen LogP contribution in [0.3, 0.4) is 0 Å². The van der Waals surface area contributed by atoms with Crippen molar-refractivity contribution in [3.63, 3.8) is 0 Å². The minimum Gasteiger partial charge on any atom is -0.465 e. The molecule has 1 saturated heterocycles. The van der Waals surface area contributed by atoms with Crippen LogP contribution in [0.5, 0.6) is 0 Å². The van der Waals surface area contributed by atoms with Crippen molar-refractivity contribution in [1.29, 1.82) is 0 Å². The number of hydrogen-bond acceptors (Lipinski definition) is 5. The second-order valence-corrected chi connectivity index (χ2v) is 6.04. The molecule has 1 aromatic carbocycles. The highest BCUT2D eigenvalue weighted by atomic mass is 35.5. The van der Waals surface area contributed by atoms with E-state index in [2.05, 4.69) is 14.8 Å². The summed E-state index contributed by atoms with van der Waals surface area (Å²) in [7, 11) is -2.26. The summed E-state index contributed by atoms with van der Waals surface area (Å²) in [5.74, 6) is -0.489. The number of carbonyl (C=O) groups is 1. The third kappa shape index (κ3) is 3.92. The largest absolute Gasteiger partial charge is 0.465 e. The number of halogens is 1. The Hall–Kier alpha value is -1.15. The number of sulfonamides is 1. The number of ether oxygens (including phenoxy) is 1. The number of rotatable bonds is 4. The summed E-state index contributed by atoms with van der Waals surface area (Å²) in [6.07, 6.45) is 0.777. The number of hydrogen-bond donors (Lipinski definition) is 2. The Morgan fingerprint density at radius 3 is 2.50 bits per heavy atom. The third-order valence-corrected chi connectivity index (χ3v) is 4.50. The molecule has 0 radical (unpaired) electrons. The van der Waals surface area contributed by atoms with Gasteiger partial charge in [0.15, 0.2) is 0 Å². The van der Waals surface area contributed by atoms with Crippen LogP contribution in [-0.2, 0) is 14.8 Å². The SMILES string of the molecule is COC(=O)c1ccc(S(=O)(=O)NC2CCNC2)cc1.Cl. The first-order valence-corrected chi connectivity index (χ1v) is 7.42. The number of esters is 1. The van der Waals surface area contributed by atoms with E-state index in [1.54, 1.807) is 0 Å². The second kappa shape index (κ2) is 7.03. The van der Waals surface area contributed by atoms with Gasteiger partial charge >= 0.3 is 5.97 Å². The average Bonchev–Trinajstić information content (AvgIpc) is 2.90. The lowest BCUT2D eigenvalue weighted by atomic mass is 10.2. The van der Waals surface area contributed by atoms with E-state index in [-0.39, 0.29) is 23.3 Å². The van der Waals surface area contributed by atoms with E-state index in [4.69, 9.17) is 0 Å². The van der Waals surface area contributed by atoms with E-state index in [1.165, 1.54) is 31.4 Å². The molecule has 0 bridgehead atoms. The van der Waals surface area contributed by atoms with E-state index in [0.717, 1.165) is 13.0 Å². The van der Waals surface area contributed by atoms with E-state index in [9.17, 15) is 13.2 Å². The van der Waals surface area contributed by atoms with Crippen LogP contribution in [0.2, 0.25) is 0 Å². The summed E-state index contributed by atoms with van der Waals surface area (Å²) < 4.78 is 31.4. The van der Waals surface area contributed by atoms with Gasteiger partial charge < -0.3 is 10.1 Å². The van der Waals surface area contributed by atoms with Gasteiger partial charge in [0, 0.05) is 12.6 Å². The zero-order valence-electron chi connectivity index (χ0n) is 11.0. The molecular weight excluding hydrogens is 304 g/mol. The fourth-order valence-corrected chi connectivity index (χ4v) is 3.20. The van der Waals surface area contributed by atoms with Gasteiger partial charge in [-0.2, -0.15) is 0 Å². The molecule has 1 heterocycles. The van der Waals surface area contributed by atoms with Gasteiger partial charge in [-0.3, -0.25) is 0 Å². The monoisotopic (exact) mass is 320 g/mol. The first-order chi connectivity index (χ1) is 9.03. The van der Waals surface area contributed by atoms with Crippen LogP contribution in [0.15, 0.2) is 29.2 Å². The van der Waals surface area contributed by atoms with Crippen LogP contribution >= 0.6 is 12.4 Å². The number of methoxy groups -OCH3 is 1. The van der Waals surface area contributed by atoms with E-state index < -0.39 is 16.0 Å². The van der Waals surface area contributed by atoms with Crippen molar-refractivity contribution in [2.45, 2.75) is 17.4 Å². The molecule has 2 rings (SSSR count). The summed E-state index contributed by atoms with van der Waals surface area (Å²) in [6.45, 7) is 1.45. The molecule has 1 aromatic rings. The molecule has 0 amide bonds. The zero-order valence-corrected chi connectivity index (χ0v) is 12.6. The van der Waals surface area contributed by atoms with Crippen molar-refractivity contribution in [1.82, 2.24) is 10.0 Å². The maximum absolute atomic E-state index is 12.1. The Bertz CT molecular complexity index is 553. The molecule has 20 heavy (non-hydrogen) atoms. The quantitative estimate of drug-likeness (QED) is 0.791. The number of benzene rings is 1. The van der Waals surface area contributed by atoms with Gasteiger partial charge in [-0.1, -0.05) is 0 Å². The normalized spacial score (nSPS) is 18.4. The van der Waals surface area contributed by atoms with Crippen LogP contribution in [0.4, 0.5) is 0 Å². The highest BCUT2D eigenvalue weighted by molar-refractivity contribution is 7.89. The molecule has 6 nitrogen and oxygen atoms in total. The Kier molecular flexibility index (Phi) is 5.94. The summed E-state index contributed by atoms with van der Waals surface area (Å²) in [4.78, 5) is 11.4. The fourth-order valence-electron chi connectivity index (χ4n) is 1.93. The Labute approximate surface area is 124 Å². The van der Waals surface area contributed by atoms with Gasteiger partial charge in [0.25, 0.3) is 0 Å². The van der Waals surface area contributed by atoms with Crippen molar-refractivity contribution in [3.8, 4) is 0 Å². The Morgan fingerprint density at radius 2 is 2.00 bits per heavy atom. The van der Waals surface area contributed by atoms with Gasteiger partial charge in [-0.25, -0.2) is 17.9 Å². The Balaban J connectivity index is 0.00000200. The molecule has 1 aliphatic heterocycles. The first-order valence-electron chi connectivity index (χ1n) is 5.94. The topological polar surface area (TPSA) is 84.5 Å². The highest BCUT2D eigenvalue weighted by Crippen LogP contribution is 2.13. The van der Waals surface area contributed by atoms with Gasteiger partial charge in [0.2, 0.25) is 10.0 Å². The third-order valence-electron chi connectivity index (χ3n) is 2.97. The molecule has 1 fully saturated rings. The Morgan fingerprint density at radius 1 is 1.35 bits per heavy atom. The first kappa shape index (κ1) is 16.9. The summed E-state index contributed by atoms with van der Waals surface area (Å²) in [6, 6.07) is 5.60. The second-order valence-electron chi connectivity index (χ2n) is 4.33. The molecule has 0 aromatic heterocycles. The lowest BCUT2D eigenvalue weighted by Crippen LogP contribution is -2.36. The van der Waals surface area contributed by atoms with Crippen LogP contribution in [-0.4, -0.2) is 40.6 Å². The summed E-state index contributed by atoms with van der Waals surface area (Å²) >= 11 is 0. The molecule has 2 N–H and O–H groups in total.